The van der Waals surface area contributed by atoms with Gasteiger partial charge in [-0.15, -0.1) is 5.10 Å². The van der Waals surface area contributed by atoms with Crippen molar-refractivity contribution in [2.45, 2.75) is 19.9 Å². The van der Waals surface area contributed by atoms with Gasteiger partial charge in [0.1, 0.15) is 0 Å². The summed E-state index contributed by atoms with van der Waals surface area (Å²) in [5, 5.41) is 14.7. The van der Waals surface area contributed by atoms with Crippen LogP contribution in [0.15, 0.2) is 30.5 Å². The summed E-state index contributed by atoms with van der Waals surface area (Å²) in [6, 6.07) is 7.64. The van der Waals surface area contributed by atoms with E-state index in [4.69, 9.17) is 11.6 Å². The van der Waals surface area contributed by atoms with E-state index in [2.05, 4.69) is 25.8 Å². The van der Waals surface area contributed by atoms with Crippen LogP contribution < -0.4 is 10.6 Å². The molecule has 0 aliphatic rings. The molecule has 1 aromatic carbocycles. The molecule has 0 radical (unpaired) electrons. The smallest absolute Gasteiger partial charge is 0.249 e. The van der Waals surface area contributed by atoms with Crippen molar-refractivity contribution in [3.8, 4) is 0 Å². The molecular formula is C12H14ClN5. The molecule has 1 heterocycles. The van der Waals surface area contributed by atoms with Gasteiger partial charge in [-0.1, -0.05) is 17.7 Å². The lowest BCUT2D eigenvalue weighted by Crippen LogP contribution is -2.12. The van der Waals surface area contributed by atoms with Crippen molar-refractivity contribution in [3.63, 3.8) is 0 Å². The van der Waals surface area contributed by atoms with Crippen LogP contribution in [0, 0.1) is 0 Å². The van der Waals surface area contributed by atoms with Crippen molar-refractivity contribution in [1.82, 2.24) is 15.2 Å². The van der Waals surface area contributed by atoms with Gasteiger partial charge < -0.3 is 10.6 Å². The largest absolute Gasteiger partial charge is 0.366 e. The number of halogens is 1. The van der Waals surface area contributed by atoms with Gasteiger partial charge in [0.15, 0.2) is 5.82 Å². The first kappa shape index (κ1) is 12.6. The first-order valence-corrected chi connectivity index (χ1v) is 6.00. The molecule has 6 heteroatoms. The summed E-state index contributed by atoms with van der Waals surface area (Å²) in [4.78, 5) is 4.30. The lowest BCUT2D eigenvalue weighted by molar-refractivity contribution is 0.873. The summed E-state index contributed by atoms with van der Waals surface area (Å²) in [7, 11) is 0. The molecule has 0 bridgehead atoms. The van der Waals surface area contributed by atoms with E-state index in [1.165, 1.54) is 0 Å². The predicted molar refractivity (Wildman–Crippen MR) is 73.3 cm³/mol. The highest BCUT2D eigenvalue weighted by Gasteiger charge is 2.02. The molecule has 0 amide bonds. The SMILES string of the molecule is CC(C)Nc1cnnc(Nc2cccc(Cl)c2)n1. The predicted octanol–water partition coefficient (Wildman–Crippen LogP) is 3.09. The second kappa shape index (κ2) is 5.64. The van der Waals surface area contributed by atoms with Gasteiger partial charge in [0.05, 0.1) is 6.20 Å². The molecule has 0 spiro atoms. The molecule has 0 saturated carbocycles. The Morgan fingerprint density at radius 3 is 2.83 bits per heavy atom. The van der Waals surface area contributed by atoms with Gasteiger partial charge in [-0.3, -0.25) is 0 Å². The molecule has 1 aromatic heterocycles. The molecule has 2 rings (SSSR count). The van der Waals surface area contributed by atoms with Gasteiger partial charge in [0.25, 0.3) is 0 Å². The fourth-order valence-electron chi connectivity index (χ4n) is 1.42. The molecule has 0 aliphatic heterocycles. The summed E-state index contributed by atoms with van der Waals surface area (Å²) in [5.74, 6) is 1.12. The lowest BCUT2D eigenvalue weighted by atomic mass is 10.3. The van der Waals surface area contributed by atoms with Crippen LogP contribution in [0.1, 0.15) is 13.8 Å². The number of nitrogens with zero attached hydrogens (tertiary/aromatic N) is 3. The molecule has 0 aliphatic carbocycles. The van der Waals surface area contributed by atoms with Crippen LogP contribution in [0.3, 0.4) is 0 Å². The Morgan fingerprint density at radius 2 is 2.11 bits per heavy atom. The van der Waals surface area contributed by atoms with Crippen molar-refractivity contribution in [2.24, 2.45) is 0 Å². The van der Waals surface area contributed by atoms with E-state index >= 15 is 0 Å². The van der Waals surface area contributed by atoms with E-state index in [-0.39, 0.29) is 0 Å². The first-order valence-electron chi connectivity index (χ1n) is 5.62. The van der Waals surface area contributed by atoms with Crippen LogP contribution >= 0.6 is 11.6 Å². The standard InChI is InChI=1S/C12H14ClN5/c1-8(2)15-11-7-14-18-12(17-11)16-10-5-3-4-9(13)6-10/h3-8H,1-2H3,(H2,15,16,17,18). The number of hydrogen-bond donors (Lipinski definition) is 2. The Balaban J connectivity index is 2.14. The van der Waals surface area contributed by atoms with Gasteiger partial charge in [-0.2, -0.15) is 10.1 Å². The molecule has 0 saturated heterocycles. The number of rotatable bonds is 4. The van der Waals surface area contributed by atoms with Gasteiger partial charge in [0, 0.05) is 16.8 Å². The summed E-state index contributed by atoms with van der Waals surface area (Å²) in [5.41, 5.74) is 0.825. The third-order valence-corrected chi connectivity index (χ3v) is 2.31. The van der Waals surface area contributed by atoms with E-state index in [1.807, 2.05) is 32.0 Å². The normalized spacial score (nSPS) is 10.4. The maximum atomic E-state index is 5.90. The summed E-state index contributed by atoms with van der Waals surface area (Å²) >= 11 is 5.90. The number of nitrogens with one attached hydrogen (secondary N) is 2. The number of hydrogen-bond acceptors (Lipinski definition) is 5. The zero-order valence-electron chi connectivity index (χ0n) is 10.2. The second-order valence-electron chi connectivity index (χ2n) is 4.10. The highest BCUT2D eigenvalue weighted by Crippen LogP contribution is 2.18. The van der Waals surface area contributed by atoms with E-state index in [0.717, 1.165) is 5.69 Å². The third kappa shape index (κ3) is 3.56. The Hall–Kier alpha value is -1.88. The highest BCUT2D eigenvalue weighted by atomic mass is 35.5. The summed E-state index contributed by atoms with van der Waals surface area (Å²) < 4.78 is 0. The minimum Gasteiger partial charge on any atom is -0.366 e. The molecule has 18 heavy (non-hydrogen) atoms. The molecule has 2 N–H and O–H groups in total. The van der Waals surface area contributed by atoms with E-state index in [0.29, 0.717) is 22.8 Å². The molecular weight excluding hydrogens is 250 g/mol. The third-order valence-electron chi connectivity index (χ3n) is 2.08. The fraction of sp³-hybridized carbons (Fsp3) is 0.250. The van der Waals surface area contributed by atoms with Crippen molar-refractivity contribution < 1.29 is 0 Å². The topological polar surface area (TPSA) is 62.7 Å². The van der Waals surface area contributed by atoms with E-state index in [9.17, 15) is 0 Å². The minimum absolute atomic E-state index is 0.292. The minimum atomic E-state index is 0.292. The van der Waals surface area contributed by atoms with Gasteiger partial charge >= 0.3 is 0 Å². The Kier molecular flexibility index (Phi) is 3.94. The second-order valence-corrected chi connectivity index (χ2v) is 4.54. The van der Waals surface area contributed by atoms with Crippen molar-refractivity contribution in [3.05, 3.63) is 35.5 Å². The zero-order chi connectivity index (χ0) is 13.0. The van der Waals surface area contributed by atoms with Crippen LogP contribution in [0.4, 0.5) is 17.5 Å². The quantitative estimate of drug-likeness (QED) is 0.888. The lowest BCUT2D eigenvalue weighted by Gasteiger charge is -2.09. The molecule has 94 valence electrons. The van der Waals surface area contributed by atoms with Crippen LogP contribution in [0.2, 0.25) is 5.02 Å². The van der Waals surface area contributed by atoms with Crippen LogP contribution in [0.5, 0.6) is 0 Å². The van der Waals surface area contributed by atoms with Crippen molar-refractivity contribution in [2.75, 3.05) is 10.6 Å². The Morgan fingerprint density at radius 1 is 1.28 bits per heavy atom. The Labute approximate surface area is 111 Å². The molecule has 5 nitrogen and oxygen atoms in total. The van der Waals surface area contributed by atoms with Crippen molar-refractivity contribution >= 4 is 29.1 Å². The van der Waals surface area contributed by atoms with E-state index < -0.39 is 0 Å². The number of aromatic nitrogens is 3. The van der Waals surface area contributed by atoms with Crippen LogP contribution in [0.25, 0.3) is 0 Å². The number of anilines is 3. The average Bonchev–Trinajstić information content (AvgIpc) is 2.28. The maximum Gasteiger partial charge on any atom is 0.249 e. The molecule has 0 unspecified atom stereocenters. The van der Waals surface area contributed by atoms with Crippen LogP contribution in [-0.4, -0.2) is 21.2 Å². The molecule has 2 aromatic rings. The van der Waals surface area contributed by atoms with Gasteiger partial charge in [0.2, 0.25) is 5.95 Å². The van der Waals surface area contributed by atoms with Gasteiger partial charge in [-0.25, -0.2) is 0 Å². The van der Waals surface area contributed by atoms with Gasteiger partial charge in [-0.05, 0) is 32.0 Å². The van der Waals surface area contributed by atoms with Crippen LogP contribution in [-0.2, 0) is 0 Å². The monoisotopic (exact) mass is 263 g/mol. The zero-order valence-corrected chi connectivity index (χ0v) is 10.9. The average molecular weight is 264 g/mol. The number of benzene rings is 1. The first-order chi connectivity index (χ1) is 8.63. The highest BCUT2D eigenvalue weighted by molar-refractivity contribution is 6.30. The fourth-order valence-corrected chi connectivity index (χ4v) is 1.61. The van der Waals surface area contributed by atoms with Crippen molar-refractivity contribution in [1.29, 1.82) is 0 Å². The summed E-state index contributed by atoms with van der Waals surface area (Å²) in [6.45, 7) is 4.07. The maximum absolute atomic E-state index is 5.90. The molecule has 0 fully saturated rings. The summed E-state index contributed by atoms with van der Waals surface area (Å²) in [6.07, 6.45) is 1.59. The van der Waals surface area contributed by atoms with E-state index in [1.54, 1.807) is 12.3 Å². The molecule has 0 atom stereocenters. The Bertz CT molecular complexity index is 529.